The van der Waals surface area contributed by atoms with Gasteiger partial charge in [-0.1, -0.05) is 29.8 Å². The lowest BCUT2D eigenvalue weighted by Crippen LogP contribution is -2.33. The number of hydrogen-bond acceptors (Lipinski definition) is 2. The van der Waals surface area contributed by atoms with E-state index in [0.29, 0.717) is 11.9 Å². The van der Waals surface area contributed by atoms with Crippen molar-refractivity contribution in [3.63, 3.8) is 0 Å². The van der Waals surface area contributed by atoms with E-state index in [1.54, 1.807) is 0 Å². The normalized spacial score (nSPS) is 11.3. The number of hydrogen-bond donors (Lipinski definition) is 0. The maximum absolute atomic E-state index is 11.5. The molecule has 0 spiro atoms. The van der Waals surface area contributed by atoms with Gasteiger partial charge in [0.05, 0.1) is 12.0 Å². The Kier molecular flexibility index (Phi) is 5.55. The molecule has 12 heavy (non-hydrogen) atoms. The summed E-state index contributed by atoms with van der Waals surface area (Å²) in [6.45, 7) is 6.33. The number of esters is 1. The van der Waals surface area contributed by atoms with Crippen LogP contribution in [0.1, 0.15) is 33.6 Å². The van der Waals surface area contributed by atoms with E-state index in [-0.39, 0.29) is 11.4 Å². The van der Waals surface area contributed by atoms with Gasteiger partial charge in [0.25, 0.3) is 0 Å². The van der Waals surface area contributed by atoms with Crippen LogP contribution >= 0.6 is 15.9 Å². The van der Waals surface area contributed by atoms with Crippen LogP contribution in [0.2, 0.25) is 0 Å². The van der Waals surface area contributed by atoms with Crippen LogP contribution in [0.3, 0.4) is 0 Å². The van der Waals surface area contributed by atoms with Gasteiger partial charge >= 0.3 is 5.97 Å². The minimum Gasteiger partial charge on any atom is -0.466 e. The van der Waals surface area contributed by atoms with Gasteiger partial charge in [-0.3, -0.25) is 4.79 Å². The quantitative estimate of drug-likeness (QED) is 0.542. The summed E-state index contributed by atoms with van der Waals surface area (Å²) in [7, 11) is 0. The lowest BCUT2D eigenvalue weighted by Gasteiger charge is -2.26. The summed E-state index contributed by atoms with van der Waals surface area (Å²) in [6.07, 6.45) is 1.65. The van der Waals surface area contributed by atoms with Crippen LogP contribution in [-0.4, -0.2) is 17.9 Å². The molecule has 0 saturated carbocycles. The molecule has 3 heteroatoms. The van der Waals surface area contributed by atoms with E-state index in [2.05, 4.69) is 15.9 Å². The Morgan fingerprint density at radius 1 is 1.33 bits per heavy atom. The largest absolute Gasteiger partial charge is 0.466 e. The first-order chi connectivity index (χ1) is 5.66. The highest BCUT2D eigenvalue weighted by Gasteiger charge is 2.34. The SMILES string of the molecule is CCOC(=O)C(CC)(CC)CBr. The molecule has 0 aromatic rings. The van der Waals surface area contributed by atoms with Crippen LogP contribution < -0.4 is 0 Å². The molecule has 0 N–H and O–H groups in total. The average molecular weight is 237 g/mol. The Morgan fingerprint density at radius 2 is 1.83 bits per heavy atom. The second kappa shape index (κ2) is 5.57. The van der Waals surface area contributed by atoms with Gasteiger partial charge in [-0.25, -0.2) is 0 Å². The summed E-state index contributed by atoms with van der Waals surface area (Å²) in [5.41, 5.74) is -0.310. The highest BCUT2D eigenvalue weighted by Crippen LogP contribution is 2.30. The van der Waals surface area contributed by atoms with Gasteiger partial charge in [0, 0.05) is 5.33 Å². The van der Waals surface area contributed by atoms with E-state index in [1.807, 2.05) is 20.8 Å². The van der Waals surface area contributed by atoms with Gasteiger partial charge in [0.2, 0.25) is 0 Å². The highest BCUT2D eigenvalue weighted by molar-refractivity contribution is 9.09. The molecule has 0 aliphatic rings. The molecular weight excluding hydrogens is 220 g/mol. The smallest absolute Gasteiger partial charge is 0.312 e. The summed E-state index contributed by atoms with van der Waals surface area (Å²) in [5, 5.41) is 0.686. The Hall–Kier alpha value is -0.0500. The molecule has 2 nitrogen and oxygen atoms in total. The summed E-state index contributed by atoms with van der Waals surface area (Å²) in [4.78, 5) is 11.5. The zero-order valence-corrected chi connectivity index (χ0v) is 9.61. The molecule has 0 saturated heterocycles. The molecule has 0 bridgehead atoms. The highest BCUT2D eigenvalue weighted by atomic mass is 79.9. The topological polar surface area (TPSA) is 26.3 Å². The molecule has 0 aromatic heterocycles. The summed E-state index contributed by atoms with van der Waals surface area (Å²) < 4.78 is 5.01. The molecule has 0 aromatic carbocycles. The van der Waals surface area contributed by atoms with Gasteiger partial charge in [-0.2, -0.15) is 0 Å². The molecule has 0 aliphatic carbocycles. The number of halogens is 1. The molecule has 0 fully saturated rings. The lowest BCUT2D eigenvalue weighted by atomic mass is 9.85. The first-order valence-electron chi connectivity index (χ1n) is 4.40. The van der Waals surface area contributed by atoms with E-state index in [4.69, 9.17) is 4.74 Å². The van der Waals surface area contributed by atoms with Crippen molar-refractivity contribution < 1.29 is 9.53 Å². The molecule has 0 radical (unpaired) electrons. The van der Waals surface area contributed by atoms with Crippen molar-refractivity contribution in [1.82, 2.24) is 0 Å². The Morgan fingerprint density at radius 3 is 2.08 bits per heavy atom. The van der Waals surface area contributed by atoms with Crippen LogP contribution in [0.15, 0.2) is 0 Å². The maximum atomic E-state index is 11.5. The average Bonchev–Trinajstić information content (AvgIpc) is 2.09. The second-order valence-corrected chi connectivity index (χ2v) is 3.40. The second-order valence-electron chi connectivity index (χ2n) is 2.84. The van der Waals surface area contributed by atoms with Crippen LogP contribution in [0.25, 0.3) is 0 Å². The predicted octanol–water partition coefficient (Wildman–Crippen LogP) is 2.75. The van der Waals surface area contributed by atoms with Crippen molar-refractivity contribution in [2.45, 2.75) is 33.6 Å². The minimum absolute atomic E-state index is 0.0770. The van der Waals surface area contributed by atoms with Crippen molar-refractivity contribution in [1.29, 1.82) is 0 Å². The van der Waals surface area contributed by atoms with E-state index in [1.165, 1.54) is 0 Å². The lowest BCUT2D eigenvalue weighted by molar-refractivity contribution is -0.154. The molecule has 0 rings (SSSR count). The number of carbonyl (C=O) groups excluding carboxylic acids is 1. The molecule has 0 unspecified atom stereocenters. The third-order valence-corrected chi connectivity index (χ3v) is 3.39. The third kappa shape index (κ3) is 2.47. The van der Waals surface area contributed by atoms with Gasteiger partial charge in [0.1, 0.15) is 0 Å². The molecule has 72 valence electrons. The first-order valence-corrected chi connectivity index (χ1v) is 5.52. The van der Waals surface area contributed by atoms with Crippen molar-refractivity contribution >= 4 is 21.9 Å². The number of alkyl halides is 1. The standard InChI is InChI=1S/C9H17BrO2/c1-4-9(5-2,7-10)8(11)12-6-3/h4-7H2,1-3H3. The van der Waals surface area contributed by atoms with Gasteiger partial charge in [-0.15, -0.1) is 0 Å². The van der Waals surface area contributed by atoms with Crippen molar-refractivity contribution in [3.8, 4) is 0 Å². The zero-order chi connectivity index (χ0) is 9.61. The molecule has 0 aliphatic heterocycles. The number of rotatable bonds is 5. The fourth-order valence-corrected chi connectivity index (χ4v) is 2.09. The predicted molar refractivity (Wildman–Crippen MR) is 53.4 cm³/mol. The van der Waals surface area contributed by atoms with E-state index < -0.39 is 0 Å². The van der Waals surface area contributed by atoms with Crippen molar-refractivity contribution in [3.05, 3.63) is 0 Å². The first kappa shape index (κ1) is 11.9. The summed E-state index contributed by atoms with van der Waals surface area (Å²) >= 11 is 3.36. The van der Waals surface area contributed by atoms with Gasteiger partial charge < -0.3 is 4.74 Å². The minimum atomic E-state index is -0.310. The van der Waals surface area contributed by atoms with Crippen LogP contribution in [0.5, 0.6) is 0 Å². The van der Waals surface area contributed by atoms with Crippen LogP contribution in [-0.2, 0) is 9.53 Å². The van der Waals surface area contributed by atoms with Crippen molar-refractivity contribution in [2.24, 2.45) is 5.41 Å². The fourth-order valence-electron chi connectivity index (χ4n) is 1.07. The van der Waals surface area contributed by atoms with Gasteiger partial charge in [-0.05, 0) is 19.8 Å². The Labute approximate surface area is 82.8 Å². The van der Waals surface area contributed by atoms with Gasteiger partial charge in [0.15, 0.2) is 0 Å². The maximum Gasteiger partial charge on any atom is 0.312 e. The molecule has 0 atom stereocenters. The third-order valence-electron chi connectivity index (χ3n) is 2.32. The number of carbonyl (C=O) groups is 1. The Bertz CT molecular complexity index is 133. The molecular formula is C9H17BrO2. The fraction of sp³-hybridized carbons (Fsp3) is 0.889. The van der Waals surface area contributed by atoms with E-state index in [0.717, 1.165) is 12.8 Å². The molecule has 0 amide bonds. The Balaban J connectivity index is 4.36. The zero-order valence-electron chi connectivity index (χ0n) is 8.02. The van der Waals surface area contributed by atoms with Crippen LogP contribution in [0.4, 0.5) is 0 Å². The van der Waals surface area contributed by atoms with Crippen LogP contribution in [0, 0.1) is 5.41 Å². The van der Waals surface area contributed by atoms with Crippen molar-refractivity contribution in [2.75, 3.05) is 11.9 Å². The van der Waals surface area contributed by atoms with E-state index >= 15 is 0 Å². The van der Waals surface area contributed by atoms with E-state index in [9.17, 15) is 4.79 Å². The monoisotopic (exact) mass is 236 g/mol. The summed E-state index contributed by atoms with van der Waals surface area (Å²) in [6, 6.07) is 0. The summed E-state index contributed by atoms with van der Waals surface area (Å²) in [5.74, 6) is -0.0770. The number of ether oxygens (including phenoxy) is 1. The molecule has 0 heterocycles.